The predicted octanol–water partition coefficient (Wildman–Crippen LogP) is 3.63. The molecule has 0 radical (unpaired) electrons. The highest BCUT2D eigenvalue weighted by molar-refractivity contribution is 6.32. The van der Waals surface area contributed by atoms with E-state index in [1.165, 1.54) is 16.8 Å². The van der Waals surface area contributed by atoms with E-state index in [-0.39, 0.29) is 23.3 Å². The number of nitrogens with one attached hydrogen (secondary N) is 1. The lowest BCUT2D eigenvalue weighted by atomic mass is 10.2. The standard InChI is InChI=1S/C19H22ClN3O3/c1-12(2)23-9-5-6-15(19(23)25)18(24)22-21-11-14-7-8-17(16(20)10-14)26-13(3)4/h5-13H,1-4H3,(H,22,24)/b21-11-. The molecular formula is C19H22ClN3O3. The van der Waals surface area contributed by atoms with Crippen molar-refractivity contribution in [2.24, 2.45) is 5.10 Å². The van der Waals surface area contributed by atoms with Crippen LogP contribution in [0.25, 0.3) is 0 Å². The van der Waals surface area contributed by atoms with Gasteiger partial charge in [-0.3, -0.25) is 9.59 Å². The highest BCUT2D eigenvalue weighted by Crippen LogP contribution is 2.25. The summed E-state index contributed by atoms with van der Waals surface area (Å²) in [6.45, 7) is 7.57. The summed E-state index contributed by atoms with van der Waals surface area (Å²) >= 11 is 6.16. The summed E-state index contributed by atoms with van der Waals surface area (Å²) in [5, 5.41) is 4.35. The van der Waals surface area contributed by atoms with Crippen molar-refractivity contribution >= 4 is 23.7 Å². The zero-order valence-electron chi connectivity index (χ0n) is 15.2. The lowest BCUT2D eigenvalue weighted by Gasteiger charge is -2.11. The highest BCUT2D eigenvalue weighted by atomic mass is 35.5. The first kappa shape index (κ1) is 19.7. The molecular weight excluding hydrogens is 354 g/mol. The van der Waals surface area contributed by atoms with Crippen molar-refractivity contribution in [3.8, 4) is 5.75 Å². The fourth-order valence-corrected chi connectivity index (χ4v) is 2.50. The highest BCUT2D eigenvalue weighted by Gasteiger charge is 2.12. The number of hydrogen-bond donors (Lipinski definition) is 1. The van der Waals surface area contributed by atoms with Crippen LogP contribution in [0.2, 0.25) is 5.02 Å². The van der Waals surface area contributed by atoms with E-state index >= 15 is 0 Å². The normalized spacial score (nSPS) is 11.3. The van der Waals surface area contributed by atoms with Crippen LogP contribution < -0.4 is 15.7 Å². The van der Waals surface area contributed by atoms with Gasteiger partial charge >= 0.3 is 0 Å². The van der Waals surface area contributed by atoms with Gasteiger partial charge < -0.3 is 9.30 Å². The minimum absolute atomic E-state index is 0.0204. The monoisotopic (exact) mass is 375 g/mol. The van der Waals surface area contributed by atoms with Gasteiger partial charge in [-0.2, -0.15) is 5.10 Å². The maximum Gasteiger partial charge on any atom is 0.276 e. The molecule has 2 rings (SSSR count). The summed E-state index contributed by atoms with van der Waals surface area (Å²) in [4.78, 5) is 24.5. The number of benzene rings is 1. The van der Waals surface area contributed by atoms with E-state index in [9.17, 15) is 9.59 Å². The molecule has 1 aromatic heterocycles. The Morgan fingerprint density at radius 2 is 2.00 bits per heavy atom. The fourth-order valence-electron chi connectivity index (χ4n) is 2.26. The topological polar surface area (TPSA) is 72.7 Å². The Morgan fingerprint density at radius 3 is 2.62 bits per heavy atom. The number of carbonyl (C=O) groups is 1. The number of halogens is 1. The van der Waals surface area contributed by atoms with Crippen LogP contribution in [-0.2, 0) is 0 Å². The molecule has 1 aromatic carbocycles. The average molecular weight is 376 g/mol. The first-order valence-electron chi connectivity index (χ1n) is 8.30. The third-order valence-electron chi connectivity index (χ3n) is 3.47. The summed E-state index contributed by atoms with van der Waals surface area (Å²) in [5.41, 5.74) is 2.74. The van der Waals surface area contributed by atoms with Crippen LogP contribution in [0.5, 0.6) is 5.75 Å². The Morgan fingerprint density at radius 1 is 1.27 bits per heavy atom. The minimum atomic E-state index is -0.563. The Hall–Kier alpha value is -2.60. The van der Waals surface area contributed by atoms with Crippen molar-refractivity contribution < 1.29 is 9.53 Å². The number of hydrazone groups is 1. The maximum absolute atomic E-state index is 12.3. The molecule has 0 aliphatic heterocycles. The van der Waals surface area contributed by atoms with Gasteiger partial charge in [0.25, 0.3) is 11.5 Å². The maximum atomic E-state index is 12.3. The molecule has 6 nitrogen and oxygen atoms in total. The molecule has 0 fully saturated rings. The lowest BCUT2D eigenvalue weighted by molar-refractivity contribution is 0.0953. The Labute approximate surface area is 157 Å². The van der Waals surface area contributed by atoms with Crippen molar-refractivity contribution in [2.45, 2.75) is 39.8 Å². The summed E-state index contributed by atoms with van der Waals surface area (Å²) in [7, 11) is 0. The molecule has 7 heteroatoms. The van der Waals surface area contributed by atoms with Crippen LogP contribution in [0.3, 0.4) is 0 Å². The number of aromatic nitrogens is 1. The van der Waals surface area contributed by atoms with E-state index in [0.717, 1.165) is 0 Å². The van der Waals surface area contributed by atoms with Gasteiger partial charge in [0.2, 0.25) is 0 Å². The number of pyridine rings is 1. The smallest absolute Gasteiger partial charge is 0.276 e. The number of ether oxygens (including phenoxy) is 1. The van der Waals surface area contributed by atoms with Gasteiger partial charge in [-0.25, -0.2) is 5.43 Å². The Bertz CT molecular complexity index is 873. The quantitative estimate of drug-likeness (QED) is 0.619. The van der Waals surface area contributed by atoms with Crippen molar-refractivity contribution in [1.29, 1.82) is 0 Å². The molecule has 0 saturated heterocycles. The third kappa shape index (κ3) is 4.95. The SMILES string of the molecule is CC(C)Oc1ccc(/C=N\NC(=O)c2cccn(C(C)C)c2=O)cc1Cl. The summed E-state index contributed by atoms with van der Waals surface area (Å²) in [5.74, 6) is 0.0217. The van der Waals surface area contributed by atoms with E-state index < -0.39 is 5.91 Å². The van der Waals surface area contributed by atoms with Crippen molar-refractivity contribution in [3.05, 3.63) is 63.0 Å². The number of rotatable bonds is 6. The molecule has 2 aromatic rings. The second kappa shape index (κ2) is 8.67. The average Bonchev–Trinajstić information content (AvgIpc) is 2.56. The zero-order valence-corrected chi connectivity index (χ0v) is 15.9. The third-order valence-corrected chi connectivity index (χ3v) is 3.77. The predicted molar refractivity (Wildman–Crippen MR) is 103 cm³/mol. The second-order valence-electron chi connectivity index (χ2n) is 6.28. The summed E-state index contributed by atoms with van der Waals surface area (Å²) in [6.07, 6.45) is 3.12. The first-order chi connectivity index (χ1) is 12.3. The zero-order chi connectivity index (χ0) is 19.3. The van der Waals surface area contributed by atoms with E-state index in [0.29, 0.717) is 16.3 Å². The van der Waals surface area contributed by atoms with Gasteiger partial charge in [-0.05, 0) is 63.6 Å². The van der Waals surface area contributed by atoms with Gasteiger partial charge in [0.15, 0.2) is 0 Å². The van der Waals surface area contributed by atoms with Crippen LogP contribution in [0.4, 0.5) is 0 Å². The van der Waals surface area contributed by atoms with Crippen molar-refractivity contribution in [3.63, 3.8) is 0 Å². The van der Waals surface area contributed by atoms with Gasteiger partial charge in [-0.1, -0.05) is 11.6 Å². The Kier molecular flexibility index (Phi) is 6.58. The summed E-state index contributed by atoms with van der Waals surface area (Å²) < 4.78 is 7.05. The molecule has 0 unspecified atom stereocenters. The molecule has 0 aliphatic carbocycles. The number of hydrogen-bond acceptors (Lipinski definition) is 4. The van der Waals surface area contributed by atoms with Gasteiger partial charge in [0.05, 0.1) is 17.3 Å². The van der Waals surface area contributed by atoms with Crippen molar-refractivity contribution in [2.75, 3.05) is 0 Å². The number of amides is 1. The number of nitrogens with zero attached hydrogens (tertiary/aromatic N) is 2. The lowest BCUT2D eigenvalue weighted by Crippen LogP contribution is -2.31. The van der Waals surface area contributed by atoms with Gasteiger partial charge in [0.1, 0.15) is 11.3 Å². The van der Waals surface area contributed by atoms with Crippen LogP contribution >= 0.6 is 11.6 Å². The summed E-state index contributed by atoms with van der Waals surface area (Å²) in [6, 6.07) is 8.29. The van der Waals surface area contributed by atoms with E-state index in [1.807, 2.05) is 27.7 Å². The van der Waals surface area contributed by atoms with Crippen LogP contribution in [0.1, 0.15) is 49.7 Å². The molecule has 1 amide bonds. The molecule has 0 bridgehead atoms. The van der Waals surface area contributed by atoms with E-state index in [2.05, 4.69) is 10.5 Å². The molecule has 1 N–H and O–H groups in total. The van der Waals surface area contributed by atoms with Gasteiger partial charge in [0, 0.05) is 12.2 Å². The van der Waals surface area contributed by atoms with Crippen LogP contribution in [0, 0.1) is 0 Å². The van der Waals surface area contributed by atoms with E-state index in [1.54, 1.807) is 30.5 Å². The minimum Gasteiger partial charge on any atom is -0.489 e. The molecule has 0 spiro atoms. The molecule has 1 heterocycles. The molecule has 26 heavy (non-hydrogen) atoms. The number of carbonyl (C=O) groups excluding carboxylic acids is 1. The first-order valence-corrected chi connectivity index (χ1v) is 8.68. The van der Waals surface area contributed by atoms with E-state index in [4.69, 9.17) is 16.3 Å². The fraction of sp³-hybridized carbons (Fsp3) is 0.316. The van der Waals surface area contributed by atoms with Crippen LogP contribution in [-0.4, -0.2) is 22.8 Å². The largest absolute Gasteiger partial charge is 0.489 e. The molecule has 0 saturated carbocycles. The molecule has 0 atom stereocenters. The Balaban J connectivity index is 2.09. The van der Waals surface area contributed by atoms with Crippen molar-refractivity contribution in [1.82, 2.24) is 9.99 Å². The van der Waals surface area contributed by atoms with Crippen LogP contribution in [0.15, 0.2) is 46.4 Å². The molecule has 0 aliphatic rings. The van der Waals surface area contributed by atoms with Gasteiger partial charge in [-0.15, -0.1) is 0 Å². The second-order valence-corrected chi connectivity index (χ2v) is 6.69. The molecule has 138 valence electrons.